The molecule has 0 atom stereocenters. The quantitative estimate of drug-likeness (QED) is 0.759. The molecule has 0 saturated carbocycles. The summed E-state index contributed by atoms with van der Waals surface area (Å²) in [5.41, 5.74) is 6.52. The van der Waals surface area contributed by atoms with Gasteiger partial charge in [0.15, 0.2) is 0 Å². The number of nitrogen functional groups attached to an aromatic ring is 1. The summed E-state index contributed by atoms with van der Waals surface area (Å²) in [5, 5.41) is 2.64. The Bertz CT molecular complexity index is 474. The van der Waals surface area contributed by atoms with E-state index in [-0.39, 0.29) is 18.4 Å². The van der Waals surface area contributed by atoms with Gasteiger partial charge < -0.3 is 20.7 Å². The monoisotopic (exact) mass is 265 g/mol. The maximum Gasteiger partial charge on any atom is 0.257 e. The molecule has 6 heteroatoms. The van der Waals surface area contributed by atoms with Crippen molar-refractivity contribution in [2.75, 3.05) is 33.0 Å². The standard InChI is InChI=1S/C13H19N3O3/c1-4-15-12(17)8-16(2)13(18)10-6-5-9(14)7-11(10)19-3/h5-7H,4,8,14H2,1-3H3,(H,15,17). The van der Waals surface area contributed by atoms with Gasteiger partial charge in [0, 0.05) is 25.3 Å². The van der Waals surface area contributed by atoms with Crippen LogP contribution in [-0.2, 0) is 4.79 Å². The molecule has 0 aliphatic carbocycles. The van der Waals surface area contributed by atoms with Crippen LogP contribution in [0.15, 0.2) is 18.2 Å². The van der Waals surface area contributed by atoms with Crippen LogP contribution < -0.4 is 15.8 Å². The number of benzene rings is 1. The molecule has 1 aromatic rings. The number of nitrogens with two attached hydrogens (primary N) is 1. The second-order valence-electron chi connectivity index (χ2n) is 4.07. The fourth-order valence-electron chi connectivity index (χ4n) is 1.63. The normalized spacial score (nSPS) is 9.84. The van der Waals surface area contributed by atoms with E-state index in [2.05, 4.69) is 5.32 Å². The van der Waals surface area contributed by atoms with Crippen molar-refractivity contribution < 1.29 is 14.3 Å². The van der Waals surface area contributed by atoms with E-state index in [0.29, 0.717) is 23.5 Å². The number of anilines is 1. The number of hydrogen-bond donors (Lipinski definition) is 2. The molecule has 0 bridgehead atoms. The highest BCUT2D eigenvalue weighted by Gasteiger charge is 2.18. The highest BCUT2D eigenvalue weighted by molar-refractivity contribution is 5.99. The Hall–Kier alpha value is -2.24. The van der Waals surface area contributed by atoms with Crippen molar-refractivity contribution in [1.82, 2.24) is 10.2 Å². The summed E-state index contributed by atoms with van der Waals surface area (Å²) in [6.07, 6.45) is 0. The predicted molar refractivity (Wildman–Crippen MR) is 73.1 cm³/mol. The molecule has 104 valence electrons. The lowest BCUT2D eigenvalue weighted by Gasteiger charge is -2.18. The number of nitrogens with zero attached hydrogens (tertiary/aromatic N) is 1. The van der Waals surface area contributed by atoms with E-state index in [9.17, 15) is 9.59 Å². The van der Waals surface area contributed by atoms with Crippen molar-refractivity contribution in [2.45, 2.75) is 6.92 Å². The first kappa shape index (κ1) is 14.8. The minimum atomic E-state index is -0.289. The summed E-state index contributed by atoms with van der Waals surface area (Å²) in [4.78, 5) is 25.0. The molecule has 0 fully saturated rings. The van der Waals surface area contributed by atoms with E-state index in [1.165, 1.54) is 12.0 Å². The van der Waals surface area contributed by atoms with Crippen LogP contribution in [0, 0.1) is 0 Å². The number of likely N-dealkylation sites (N-methyl/N-ethyl adjacent to an activating group) is 2. The largest absolute Gasteiger partial charge is 0.496 e. The fourth-order valence-corrected chi connectivity index (χ4v) is 1.63. The van der Waals surface area contributed by atoms with Gasteiger partial charge in [-0.3, -0.25) is 9.59 Å². The Kier molecular flexibility index (Phi) is 5.17. The lowest BCUT2D eigenvalue weighted by Crippen LogP contribution is -2.38. The minimum Gasteiger partial charge on any atom is -0.496 e. The third kappa shape index (κ3) is 3.87. The molecule has 0 radical (unpaired) electrons. The average molecular weight is 265 g/mol. The Morgan fingerprint density at radius 3 is 2.68 bits per heavy atom. The van der Waals surface area contributed by atoms with Crippen molar-refractivity contribution in [3.63, 3.8) is 0 Å². The Morgan fingerprint density at radius 2 is 2.11 bits per heavy atom. The number of methoxy groups -OCH3 is 1. The number of rotatable bonds is 5. The molecule has 2 amide bonds. The highest BCUT2D eigenvalue weighted by Crippen LogP contribution is 2.22. The lowest BCUT2D eigenvalue weighted by atomic mass is 10.1. The molecule has 0 spiro atoms. The van der Waals surface area contributed by atoms with Gasteiger partial charge in [-0.15, -0.1) is 0 Å². The van der Waals surface area contributed by atoms with Gasteiger partial charge in [-0.25, -0.2) is 0 Å². The third-order valence-corrected chi connectivity index (χ3v) is 2.56. The van der Waals surface area contributed by atoms with Gasteiger partial charge in [-0.05, 0) is 19.1 Å². The molecular formula is C13H19N3O3. The van der Waals surface area contributed by atoms with Crippen LogP contribution in [0.2, 0.25) is 0 Å². The second kappa shape index (κ2) is 6.63. The molecular weight excluding hydrogens is 246 g/mol. The van der Waals surface area contributed by atoms with E-state index in [4.69, 9.17) is 10.5 Å². The van der Waals surface area contributed by atoms with E-state index < -0.39 is 0 Å². The van der Waals surface area contributed by atoms with Gasteiger partial charge in [0.25, 0.3) is 5.91 Å². The number of ether oxygens (including phenoxy) is 1. The maximum atomic E-state index is 12.2. The van der Waals surface area contributed by atoms with Crippen LogP contribution in [0.3, 0.4) is 0 Å². The molecule has 3 N–H and O–H groups in total. The topological polar surface area (TPSA) is 84.7 Å². The average Bonchev–Trinajstić information content (AvgIpc) is 2.37. The zero-order valence-electron chi connectivity index (χ0n) is 11.4. The number of hydrogen-bond acceptors (Lipinski definition) is 4. The van der Waals surface area contributed by atoms with Crippen molar-refractivity contribution in [3.05, 3.63) is 23.8 Å². The maximum absolute atomic E-state index is 12.2. The number of carbonyl (C=O) groups is 2. The molecule has 0 heterocycles. The predicted octanol–water partition coefficient (Wildman–Crippen LogP) is 0.486. The summed E-state index contributed by atoms with van der Waals surface area (Å²) < 4.78 is 5.12. The zero-order chi connectivity index (χ0) is 14.4. The number of carbonyl (C=O) groups excluding carboxylic acids is 2. The first-order chi connectivity index (χ1) is 8.99. The van der Waals surface area contributed by atoms with Gasteiger partial charge in [0.05, 0.1) is 19.2 Å². The summed E-state index contributed by atoms with van der Waals surface area (Å²) >= 11 is 0. The molecule has 1 aromatic carbocycles. The molecule has 0 aliphatic rings. The summed E-state index contributed by atoms with van der Waals surface area (Å²) in [7, 11) is 3.03. The van der Waals surface area contributed by atoms with Crippen LogP contribution in [0.4, 0.5) is 5.69 Å². The second-order valence-corrected chi connectivity index (χ2v) is 4.07. The lowest BCUT2D eigenvalue weighted by molar-refractivity contribution is -0.121. The molecule has 0 aromatic heterocycles. The molecule has 0 aliphatic heterocycles. The van der Waals surface area contributed by atoms with E-state index in [0.717, 1.165) is 0 Å². The minimum absolute atomic E-state index is 0.000202. The zero-order valence-corrected chi connectivity index (χ0v) is 11.4. The number of amides is 2. The summed E-state index contributed by atoms with van der Waals surface area (Å²) in [6.45, 7) is 2.36. The van der Waals surface area contributed by atoms with Crippen LogP contribution >= 0.6 is 0 Å². The first-order valence-corrected chi connectivity index (χ1v) is 5.95. The summed E-state index contributed by atoms with van der Waals surface area (Å²) in [6, 6.07) is 4.79. The van der Waals surface area contributed by atoms with Crippen LogP contribution in [0.1, 0.15) is 17.3 Å². The van der Waals surface area contributed by atoms with E-state index in [1.54, 1.807) is 25.2 Å². The van der Waals surface area contributed by atoms with Crippen molar-refractivity contribution in [2.24, 2.45) is 0 Å². The van der Waals surface area contributed by atoms with E-state index in [1.807, 2.05) is 6.92 Å². The summed E-state index contributed by atoms with van der Waals surface area (Å²) in [5.74, 6) is -0.0939. The third-order valence-electron chi connectivity index (χ3n) is 2.56. The van der Waals surface area contributed by atoms with Crippen molar-refractivity contribution in [3.8, 4) is 5.75 Å². The Balaban J connectivity index is 2.85. The molecule has 19 heavy (non-hydrogen) atoms. The van der Waals surface area contributed by atoms with Crippen molar-refractivity contribution in [1.29, 1.82) is 0 Å². The van der Waals surface area contributed by atoms with Crippen molar-refractivity contribution >= 4 is 17.5 Å². The van der Waals surface area contributed by atoms with Gasteiger partial charge in [0.2, 0.25) is 5.91 Å². The molecule has 1 rings (SSSR count). The van der Waals surface area contributed by atoms with Crippen LogP contribution in [0.5, 0.6) is 5.75 Å². The SMILES string of the molecule is CCNC(=O)CN(C)C(=O)c1ccc(N)cc1OC. The molecule has 0 saturated heterocycles. The van der Waals surface area contributed by atoms with E-state index >= 15 is 0 Å². The smallest absolute Gasteiger partial charge is 0.257 e. The highest BCUT2D eigenvalue weighted by atomic mass is 16.5. The first-order valence-electron chi connectivity index (χ1n) is 5.95. The van der Waals surface area contributed by atoms with Gasteiger partial charge in [-0.1, -0.05) is 0 Å². The van der Waals surface area contributed by atoms with Gasteiger partial charge in [-0.2, -0.15) is 0 Å². The fraction of sp³-hybridized carbons (Fsp3) is 0.385. The van der Waals surface area contributed by atoms with Crippen LogP contribution in [0.25, 0.3) is 0 Å². The Morgan fingerprint density at radius 1 is 1.42 bits per heavy atom. The van der Waals surface area contributed by atoms with Crippen LogP contribution in [-0.4, -0.2) is 44.0 Å². The number of nitrogens with one attached hydrogen (secondary N) is 1. The molecule has 6 nitrogen and oxygen atoms in total. The molecule has 0 unspecified atom stereocenters. The Labute approximate surface area is 112 Å². The van der Waals surface area contributed by atoms with Gasteiger partial charge in [0.1, 0.15) is 5.75 Å². The van der Waals surface area contributed by atoms with Gasteiger partial charge >= 0.3 is 0 Å².